The maximum absolute atomic E-state index is 11.3. The fourth-order valence-electron chi connectivity index (χ4n) is 2.90. The van der Waals surface area contributed by atoms with Crippen LogP contribution in [0.15, 0.2) is 36.1 Å². The van der Waals surface area contributed by atoms with Crippen LogP contribution >= 0.6 is 0 Å². The molecule has 0 saturated carbocycles. The zero-order valence-corrected chi connectivity index (χ0v) is 21.4. The van der Waals surface area contributed by atoms with Gasteiger partial charge in [-0.05, 0) is 60.6 Å². The van der Waals surface area contributed by atoms with E-state index in [2.05, 4.69) is 65.8 Å². The second-order valence-corrected chi connectivity index (χ2v) is 12.3. The van der Waals surface area contributed by atoms with E-state index in [1.54, 1.807) is 0 Å². The van der Waals surface area contributed by atoms with Gasteiger partial charge in [0, 0.05) is 6.92 Å². The summed E-state index contributed by atoms with van der Waals surface area (Å²) in [6.07, 6.45) is 3.03. The monoisotopic (exact) mass is 402 g/mol. The molecule has 1 aromatic carbocycles. The number of carbonyl (C=O) groups is 1. The zero-order chi connectivity index (χ0) is 23.3. The first kappa shape index (κ1) is 27.4. The van der Waals surface area contributed by atoms with Crippen molar-refractivity contribution in [2.24, 2.45) is 10.8 Å². The predicted molar refractivity (Wildman–Crippen MR) is 127 cm³/mol. The van der Waals surface area contributed by atoms with Crippen molar-refractivity contribution in [2.75, 3.05) is 0 Å². The molecule has 0 heterocycles. The molecule has 0 spiro atoms. The molecule has 166 valence electrons. The Kier molecular flexibility index (Phi) is 9.42. The van der Waals surface area contributed by atoms with E-state index in [0.29, 0.717) is 11.2 Å². The van der Waals surface area contributed by atoms with E-state index in [-0.39, 0.29) is 22.2 Å². The quantitative estimate of drug-likeness (QED) is 0.379. The summed E-state index contributed by atoms with van der Waals surface area (Å²) in [5.74, 6) is 0.444. The molecule has 1 aromatic rings. The molecule has 0 N–H and O–H groups in total. The number of allylic oxidation sites excluding steroid dienone is 2. The molecule has 0 radical (unpaired) electrons. The lowest BCUT2D eigenvalue weighted by atomic mass is 9.78. The minimum Gasteiger partial charge on any atom is -0.485 e. The number of ether oxygens (including phenoxy) is 1. The van der Waals surface area contributed by atoms with Crippen LogP contribution in [-0.2, 0) is 21.4 Å². The van der Waals surface area contributed by atoms with Gasteiger partial charge >= 0.3 is 0 Å². The molecule has 0 aliphatic carbocycles. The maximum atomic E-state index is 11.3. The van der Waals surface area contributed by atoms with E-state index < -0.39 is 0 Å². The van der Waals surface area contributed by atoms with Crippen LogP contribution in [0.4, 0.5) is 0 Å². The minimum absolute atomic E-state index is 0.0187. The van der Waals surface area contributed by atoms with Gasteiger partial charge in [-0.2, -0.15) is 0 Å². The molecule has 0 amide bonds. The van der Waals surface area contributed by atoms with Gasteiger partial charge in [-0.3, -0.25) is 4.79 Å². The fraction of sp³-hybridized carbons (Fsp3) is 0.667. The van der Waals surface area contributed by atoms with Crippen LogP contribution in [0.1, 0.15) is 101 Å². The standard InChI is InChI=1S/C15H24.C12H22O2/c1-14(2,3)11-12-9-7-8-10-13(12)15(4,5)6;1-9(13)10(8-11(2,3)4)14-12(5,6)7/h7-10H,11H2,1-6H3;8H,1-7H3/b;10-8-. The van der Waals surface area contributed by atoms with Crippen molar-refractivity contribution < 1.29 is 9.53 Å². The smallest absolute Gasteiger partial charge is 0.194 e. The maximum Gasteiger partial charge on any atom is 0.194 e. The lowest BCUT2D eigenvalue weighted by molar-refractivity contribution is -0.119. The van der Waals surface area contributed by atoms with Gasteiger partial charge < -0.3 is 4.74 Å². The summed E-state index contributed by atoms with van der Waals surface area (Å²) in [6.45, 7) is 27.2. The van der Waals surface area contributed by atoms with E-state index in [4.69, 9.17) is 4.74 Å². The summed E-state index contributed by atoms with van der Waals surface area (Å²) in [4.78, 5) is 11.3. The third kappa shape index (κ3) is 13.3. The molecule has 0 unspecified atom stereocenters. The second kappa shape index (κ2) is 9.96. The van der Waals surface area contributed by atoms with Gasteiger partial charge in [0.2, 0.25) is 0 Å². The fourth-order valence-corrected chi connectivity index (χ4v) is 2.90. The molecule has 2 heteroatoms. The van der Waals surface area contributed by atoms with Crippen LogP contribution < -0.4 is 0 Å². The van der Waals surface area contributed by atoms with E-state index in [0.717, 1.165) is 6.42 Å². The van der Waals surface area contributed by atoms with Crippen molar-refractivity contribution in [3.63, 3.8) is 0 Å². The molecule has 0 bridgehead atoms. The normalized spacial score (nSPS) is 13.5. The van der Waals surface area contributed by atoms with Crippen LogP contribution in [0.5, 0.6) is 0 Å². The topological polar surface area (TPSA) is 26.3 Å². The highest BCUT2D eigenvalue weighted by Gasteiger charge is 2.21. The Bertz CT molecular complexity index is 681. The summed E-state index contributed by atoms with van der Waals surface area (Å²) in [5, 5.41) is 0. The lowest BCUT2D eigenvalue weighted by Crippen LogP contribution is -2.22. The molecule has 0 aromatic heterocycles. The van der Waals surface area contributed by atoms with Gasteiger partial charge in [0.05, 0.1) is 0 Å². The molecule has 29 heavy (non-hydrogen) atoms. The summed E-state index contributed by atoms with van der Waals surface area (Å²) in [6, 6.07) is 8.83. The molecular formula is C27H46O2. The van der Waals surface area contributed by atoms with E-state index in [1.807, 2.05) is 47.6 Å². The van der Waals surface area contributed by atoms with E-state index in [9.17, 15) is 4.79 Å². The Hall–Kier alpha value is -1.57. The Balaban J connectivity index is 0.000000543. The lowest BCUT2D eigenvalue weighted by Gasteiger charge is -2.26. The zero-order valence-electron chi connectivity index (χ0n) is 21.4. The average Bonchev–Trinajstić information content (AvgIpc) is 2.41. The van der Waals surface area contributed by atoms with Gasteiger partial charge in [0.25, 0.3) is 0 Å². The second-order valence-electron chi connectivity index (χ2n) is 12.3. The predicted octanol–water partition coefficient (Wildman–Crippen LogP) is 7.89. The summed E-state index contributed by atoms with van der Waals surface area (Å²) in [5.41, 5.74) is 3.25. The number of carbonyl (C=O) groups excluding carboxylic acids is 1. The van der Waals surface area contributed by atoms with Gasteiger partial charge in [0.1, 0.15) is 5.60 Å². The highest BCUT2D eigenvalue weighted by molar-refractivity contribution is 5.91. The number of benzene rings is 1. The number of rotatable bonds is 3. The number of Topliss-reactive ketones (excluding diaryl/α,β-unsaturated/α-hetero) is 1. The van der Waals surface area contributed by atoms with Crippen LogP contribution in [0.2, 0.25) is 0 Å². The molecule has 0 aliphatic rings. The van der Waals surface area contributed by atoms with E-state index >= 15 is 0 Å². The minimum atomic E-state index is -0.317. The first-order chi connectivity index (χ1) is 12.7. The number of ketones is 1. The van der Waals surface area contributed by atoms with Crippen LogP contribution in [0.25, 0.3) is 0 Å². The van der Waals surface area contributed by atoms with Crippen molar-refractivity contribution >= 4 is 5.78 Å². The van der Waals surface area contributed by atoms with Gasteiger partial charge in [-0.25, -0.2) is 0 Å². The van der Waals surface area contributed by atoms with E-state index in [1.165, 1.54) is 18.1 Å². The molecule has 2 nitrogen and oxygen atoms in total. The Morgan fingerprint density at radius 2 is 1.34 bits per heavy atom. The van der Waals surface area contributed by atoms with Crippen molar-refractivity contribution in [1.82, 2.24) is 0 Å². The Morgan fingerprint density at radius 1 is 0.862 bits per heavy atom. The van der Waals surface area contributed by atoms with Crippen molar-refractivity contribution in [3.8, 4) is 0 Å². The SMILES string of the molecule is CC(=O)/C(=C/C(C)(C)C)OC(C)(C)C.CC(C)(C)Cc1ccccc1C(C)(C)C. The first-order valence-electron chi connectivity index (χ1n) is 10.7. The summed E-state index contributed by atoms with van der Waals surface area (Å²) in [7, 11) is 0. The molecule has 0 saturated heterocycles. The van der Waals surface area contributed by atoms with Crippen molar-refractivity contribution in [3.05, 3.63) is 47.2 Å². The number of hydrogen-bond donors (Lipinski definition) is 0. The third-order valence-electron chi connectivity index (χ3n) is 3.87. The molecule has 0 atom stereocenters. The third-order valence-corrected chi connectivity index (χ3v) is 3.87. The molecule has 0 aliphatic heterocycles. The molecular weight excluding hydrogens is 356 g/mol. The van der Waals surface area contributed by atoms with Gasteiger partial charge in [-0.1, -0.05) is 86.6 Å². The molecule has 1 rings (SSSR count). The van der Waals surface area contributed by atoms with Crippen molar-refractivity contribution in [2.45, 2.75) is 107 Å². The first-order valence-corrected chi connectivity index (χ1v) is 10.7. The highest BCUT2D eigenvalue weighted by atomic mass is 16.5. The Morgan fingerprint density at radius 3 is 1.69 bits per heavy atom. The van der Waals surface area contributed by atoms with Gasteiger partial charge in [0.15, 0.2) is 11.5 Å². The van der Waals surface area contributed by atoms with Crippen LogP contribution in [0.3, 0.4) is 0 Å². The average molecular weight is 403 g/mol. The van der Waals surface area contributed by atoms with Crippen LogP contribution in [-0.4, -0.2) is 11.4 Å². The summed E-state index contributed by atoms with van der Waals surface area (Å²) >= 11 is 0. The Labute approximate surface area is 181 Å². The largest absolute Gasteiger partial charge is 0.485 e. The highest BCUT2D eigenvalue weighted by Crippen LogP contribution is 2.30. The van der Waals surface area contributed by atoms with Gasteiger partial charge in [-0.15, -0.1) is 0 Å². The van der Waals surface area contributed by atoms with Crippen LogP contribution in [0, 0.1) is 10.8 Å². The number of hydrogen-bond acceptors (Lipinski definition) is 2. The summed E-state index contributed by atoms with van der Waals surface area (Å²) < 4.78 is 5.59. The van der Waals surface area contributed by atoms with Crippen molar-refractivity contribution in [1.29, 1.82) is 0 Å². The molecule has 0 fully saturated rings.